The van der Waals surface area contributed by atoms with Crippen molar-refractivity contribution in [3.8, 4) is 11.3 Å². The van der Waals surface area contributed by atoms with Gasteiger partial charge < -0.3 is 9.84 Å². The number of carbonyl (C=O) groups is 1. The molecule has 0 saturated heterocycles. The van der Waals surface area contributed by atoms with Crippen LogP contribution >= 0.6 is 11.6 Å². The summed E-state index contributed by atoms with van der Waals surface area (Å²) in [5, 5.41) is 5.81. The molecule has 0 aliphatic rings. The predicted molar refractivity (Wildman–Crippen MR) is 91.0 cm³/mol. The van der Waals surface area contributed by atoms with E-state index in [4.69, 9.17) is 16.1 Å². The Labute approximate surface area is 159 Å². The number of anilines is 1. The zero-order valence-corrected chi connectivity index (χ0v) is 14.8. The molecule has 4 nitrogen and oxygen atoms in total. The first-order valence-electron chi connectivity index (χ1n) is 7.68. The smallest absolute Gasteiger partial charge is 0.360 e. The molecule has 1 heterocycles. The number of nitrogens with zero attached hydrogens (tertiary/aromatic N) is 1. The van der Waals surface area contributed by atoms with E-state index in [2.05, 4.69) is 10.5 Å². The van der Waals surface area contributed by atoms with E-state index in [1.807, 2.05) is 0 Å². The van der Waals surface area contributed by atoms with E-state index >= 15 is 0 Å². The number of halogens is 6. The van der Waals surface area contributed by atoms with Gasteiger partial charge in [0.05, 0.1) is 16.1 Å². The molecule has 0 aliphatic carbocycles. The summed E-state index contributed by atoms with van der Waals surface area (Å²) in [6, 6.07) is 5.81. The molecule has 0 spiro atoms. The van der Waals surface area contributed by atoms with Crippen LogP contribution < -0.4 is 5.32 Å². The number of benzene rings is 2. The van der Waals surface area contributed by atoms with Gasteiger partial charge in [0.25, 0.3) is 5.91 Å². The van der Waals surface area contributed by atoms with Gasteiger partial charge in [0.2, 0.25) is 0 Å². The molecule has 1 amide bonds. The van der Waals surface area contributed by atoms with Crippen LogP contribution in [-0.4, -0.2) is 11.1 Å². The van der Waals surface area contributed by atoms with Crippen molar-refractivity contribution in [3.63, 3.8) is 0 Å². The van der Waals surface area contributed by atoms with Gasteiger partial charge in [-0.2, -0.15) is 13.2 Å². The second-order valence-corrected chi connectivity index (χ2v) is 6.11. The van der Waals surface area contributed by atoms with Gasteiger partial charge in [-0.15, -0.1) is 0 Å². The van der Waals surface area contributed by atoms with E-state index in [1.54, 1.807) is 0 Å². The van der Waals surface area contributed by atoms with Crippen molar-refractivity contribution in [1.29, 1.82) is 0 Å². The lowest BCUT2D eigenvalue weighted by Crippen LogP contribution is -2.15. The van der Waals surface area contributed by atoms with Crippen molar-refractivity contribution in [2.75, 3.05) is 5.32 Å². The number of alkyl halides is 3. The summed E-state index contributed by atoms with van der Waals surface area (Å²) in [5.74, 6) is -3.18. The Hall–Kier alpha value is -2.94. The van der Waals surface area contributed by atoms with Gasteiger partial charge in [0.15, 0.2) is 0 Å². The van der Waals surface area contributed by atoms with Gasteiger partial charge in [-0.05, 0) is 37.3 Å². The first-order valence-corrected chi connectivity index (χ1v) is 8.06. The Kier molecular flexibility index (Phi) is 5.12. The second kappa shape index (κ2) is 7.23. The van der Waals surface area contributed by atoms with Gasteiger partial charge in [-0.3, -0.25) is 4.79 Å². The van der Waals surface area contributed by atoms with Crippen molar-refractivity contribution < 1.29 is 31.3 Å². The van der Waals surface area contributed by atoms with Gasteiger partial charge in [0.1, 0.15) is 28.7 Å². The molecule has 0 aliphatic heterocycles. The molecule has 10 heteroatoms. The van der Waals surface area contributed by atoms with E-state index < -0.39 is 29.3 Å². The molecule has 28 heavy (non-hydrogen) atoms. The monoisotopic (exact) mass is 416 g/mol. The van der Waals surface area contributed by atoms with Crippen LogP contribution in [0.2, 0.25) is 5.02 Å². The lowest BCUT2D eigenvalue weighted by Gasteiger charge is -2.11. The summed E-state index contributed by atoms with van der Waals surface area (Å²) in [7, 11) is 0. The highest BCUT2D eigenvalue weighted by molar-refractivity contribution is 6.33. The fourth-order valence-electron chi connectivity index (χ4n) is 2.55. The maximum absolute atomic E-state index is 14.2. The highest BCUT2D eigenvalue weighted by Crippen LogP contribution is 2.35. The van der Waals surface area contributed by atoms with Crippen LogP contribution in [0.3, 0.4) is 0 Å². The first-order chi connectivity index (χ1) is 13.1. The number of hydrogen-bond acceptors (Lipinski definition) is 3. The van der Waals surface area contributed by atoms with Crippen molar-refractivity contribution in [3.05, 3.63) is 69.9 Å². The van der Waals surface area contributed by atoms with Gasteiger partial charge in [0, 0.05) is 5.69 Å². The molecular weight excluding hydrogens is 407 g/mol. The third-order valence-electron chi connectivity index (χ3n) is 3.82. The molecule has 0 atom stereocenters. The van der Waals surface area contributed by atoms with E-state index in [0.717, 1.165) is 12.1 Å². The number of nitrogens with one attached hydrogen (secondary N) is 1. The standard InChI is InChI=1S/C18H10ClF5N2O2/c1-8-14(16(26-28-8)15-11(19)3-2-4-13(15)21)17(27)25-9-5-6-12(20)10(7-9)18(22,23)24/h2-7H,1H3,(H,25,27). The largest absolute Gasteiger partial charge is 0.419 e. The second-order valence-electron chi connectivity index (χ2n) is 5.71. The Balaban J connectivity index is 2.01. The van der Waals surface area contributed by atoms with Crippen LogP contribution in [0.1, 0.15) is 21.7 Å². The number of carbonyl (C=O) groups excluding carboxylic acids is 1. The third-order valence-corrected chi connectivity index (χ3v) is 4.13. The average molecular weight is 417 g/mol. The van der Waals surface area contributed by atoms with Gasteiger partial charge in [-0.25, -0.2) is 8.78 Å². The Morgan fingerprint density at radius 2 is 1.86 bits per heavy atom. The SMILES string of the molecule is Cc1onc(-c2c(F)cccc2Cl)c1C(=O)Nc1ccc(F)c(C(F)(F)F)c1. The van der Waals surface area contributed by atoms with E-state index in [-0.39, 0.29) is 33.3 Å². The Morgan fingerprint density at radius 1 is 1.14 bits per heavy atom. The minimum Gasteiger partial charge on any atom is -0.360 e. The van der Waals surface area contributed by atoms with Crippen LogP contribution in [0.5, 0.6) is 0 Å². The molecule has 1 N–H and O–H groups in total. The van der Waals surface area contributed by atoms with Crippen LogP contribution in [0.25, 0.3) is 11.3 Å². The Morgan fingerprint density at radius 3 is 2.50 bits per heavy atom. The summed E-state index contributed by atoms with van der Waals surface area (Å²) < 4.78 is 71.1. The number of rotatable bonds is 3. The zero-order chi connectivity index (χ0) is 20.6. The molecule has 2 aromatic carbocycles. The predicted octanol–water partition coefficient (Wildman–Crippen LogP) is 5.85. The minimum absolute atomic E-state index is 0.00928. The van der Waals surface area contributed by atoms with Crippen molar-refractivity contribution in [1.82, 2.24) is 5.16 Å². The normalized spacial score (nSPS) is 11.5. The number of aryl methyl sites for hydroxylation is 1. The molecular formula is C18H10ClF5N2O2. The summed E-state index contributed by atoms with van der Waals surface area (Å²) >= 11 is 5.98. The first kappa shape index (κ1) is 19.8. The quantitative estimate of drug-likeness (QED) is 0.545. The topological polar surface area (TPSA) is 55.1 Å². The van der Waals surface area contributed by atoms with Gasteiger partial charge >= 0.3 is 6.18 Å². The maximum atomic E-state index is 14.2. The minimum atomic E-state index is -4.94. The third kappa shape index (κ3) is 3.70. The number of aromatic nitrogens is 1. The fourth-order valence-corrected chi connectivity index (χ4v) is 2.80. The molecule has 3 aromatic rings. The highest BCUT2D eigenvalue weighted by Gasteiger charge is 2.34. The van der Waals surface area contributed by atoms with E-state index in [9.17, 15) is 26.7 Å². The van der Waals surface area contributed by atoms with Crippen LogP contribution in [-0.2, 0) is 6.18 Å². The van der Waals surface area contributed by atoms with Crippen molar-refractivity contribution in [2.45, 2.75) is 13.1 Å². The van der Waals surface area contributed by atoms with Crippen LogP contribution in [0, 0.1) is 18.6 Å². The summed E-state index contributed by atoms with van der Waals surface area (Å²) in [6.45, 7) is 1.37. The molecule has 0 unspecified atom stereocenters. The van der Waals surface area contributed by atoms with E-state index in [0.29, 0.717) is 12.1 Å². The number of amides is 1. The summed E-state index contributed by atoms with van der Waals surface area (Å²) in [6.07, 6.45) is -4.94. The lowest BCUT2D eigenvalue weighted by atomic mass is 10.0. The zero-order valence-electron chi connectivity index (χ0n) is 14.0. The van der Waals surface area contributed by atoms with Crippen molar-refractivity contribution in [2.24, 2.45) is 0 Å². The lowest BCUT2D eigenvalue weighted by molar-refractivity contribution is -0.139. The fraction of sp³-hybridized carbons (Fsp3) is 0.111. The highest BCUT2D eigenvalue weighted by atomic mass is 35.5. The molecule has 3 rings (SSSR count). The molecule has 1 aromatic heterocycles. The average Bonchev–Trinajstić information content (AvgIpc) is 2.97. The maximum Gasteiger partial charge on any atom is 0.419 e. The van der Waals surface area contributed by atoms with Crippen molar-refractivity contribution >= 4 is 23.2 Å². The molecule has 0 fully saturated rings. The molecule has 0 saturated carbocycles. The van der Waals surface area contributed by atoms with E-state index in [1.165, 1.54) is 19.1 Å². The van der Waals surface area contributed by atoms with Crippen LogP contribution in [0.4, 0.5) is 27.6 Å². The van der Waals surface area contributed by atoms with Gasteiger partial charge in [-0.1, -0.05) is 22.8 Å². The number of hydrogen-bond donors (Lipinski definition) is 1. The summed E-state index contributed by atoms with van der Waals surface area (Å²) in [4.78, 5) is 12.6. The molecule has 146 valence electrons. The molecule has 0 bridgehead atoms. The Bertz CT molecular complexity index is 1040. The van der Waals surface area contributed by atoms with Crippen LogP contribution in [0.15, 0.2) is 40.9 Å². The summed E-state index contributed by atoms with van der Waals surface area (Å²) in [5.41, 5.74) is -2.47. The molecule has 0 radical (unpaired) electrons.